The van der Waals surface area contributed by atoms with Crippen LogP contribution in [0.15, 0.2) is 29.6 Å². The molecule has 9 nitrogen and oxygen atoms in total. The molecule has 0 spiro atoms. The number of hydrazone groups is 1. The van der Waals surface area contributed by atoms with Crippen LogP contribution in [0.2, 0.25) is 0 Å². The molecule has 3 heterocycles. The summed E-state index contributed by atoms with van der Waals surface area (Å²) in [4.78, 5) is 19.1. The zero-order valence-electron chi connectivity index (χ0n) is 12.7. The van der Waals surface area contributed by atoms with Crippen LogP contribution in [0.5, 0.6) is 0 Å². The number of carbonyl (C=O) groups excluding carboxylic acids is 1. The number of rotatable bonds is 5. The standard InChI is InChI=1S/C14H18N8O/c23-13(17-16-10-12-5-4-6-15-9-12)11-22-19-14(18-20-22)21-7-2-1-3-8-21/h4-6,9-10H,1-3,7-8,11H2,(H,17,23)/b16-10-. The van der Waals surface area contributed by atoms with E-state index in [1.165, 1.54) is 17.4 Å². The van der Waals surface area contributed by atoms with Gasteiger partial charge in [-0.1, -0.05) is 11.2 Å². The summed E-state index contributed by atoms with van der Waals surface area (Å²) >= 11 is 0. The maximum Gasteiger partial charge on any atom is 0.266 e. The highest BCUT2D eigenvalue weighted by atomic mass is 16.2. The van der Waals surface area contributed by atoms with E-state index in [1.807, 2.05) is 6.07 Å². The van der Waals surface area contributed by atoms with Crippen LogP contribution in [-0.4, -0.2) is 50.4 Å². The zero-order valence-corrected chi connectivity index (χ0v) is 12.7. The van der Waals surface area contributed by atoms with Crippen LogP contribution in [0.25, 0.3) is 0 Å². The van der Waals surface area contributed by atoms with Crippen molar-refractivity contribution in [2.45, 2.75) is 25.8 Å². The Morgan fingerprint density at radius 1 is 1.35 bits per heavy atom. The first-order valence-electron chi connectivity index (χ1n) is 7.56. The number of hydrogen-bond donors (Lipinski definition) is 1. The van der Waals surface area contributed by atoms with Crippen molar-refractivity contribution in [3.63, 3.8) is 0 Å². The van der Waals surface area contributed by atoms with Crippen LogP contribution in [0.1, 0.15) is 24.8 Å². The van der Waals surface area contributed by atoms with Gasteiger partial charge < -0.3 is 4.90 Å². The van der Waals surface area contributed by atoms with Gasteiger partial charge in [0.2, 0.25) is 0 Å². The summed E-state index contributed by atoms with van der Waals surface area (Å²) in [5, 5.41) is 16.0. The minimum absolute atomic E-state index is 0.0226. The average molecular weight is 314 g/mol. The topological polar surface area (TPSA) is 101 Å². The lowest BCUT2D eigenvalue weighted by Gasteiger charge is -2.24. The lowest BCUT2D eigenvalue weighted by Crippen LogP contribution is -2.30. The van der Waals surface area contributed by atoms with E-state index in [1.54, 1.807) is 18.5 Å². The van der Waals surface area contributed by atoms with Crippen LogP contribution < -0.4 is 10.3 Å². The molecule has 2 aromatic heterocycles. The Balaban J connectivity index is 1.50. The summed E-state index contributed by atoms with van der Waals surface area (Å²) in [6, 6.07) is 3.64. The molecule has 0 saturated carbocycles. The first-order valence-corrected chi connectivity index (χ1v) is 7.56. The summed E-state index contributed by atoms with van der Waals surface area (Å²) in [6.45, 7) is 1.85. The molecule has 0 bridgehead atoms. The van der Waals surface area contributed by atoms with Gasteiger partial charge >= 0.3 is 0 Å². The van der Waals surface area contributed by atoms with Crippen molar-refractivity contribution in [2.24, 2.45) is 5.10 Å². The third-order valence-corrected chi connectivity index (χ3v) is 3.45. The lowest BCUT2D eigenvalue weighted by molar-refractivity contribution is -0.122. The number of carbonyl (C=O) groups is 1. The highest BCUT2D eigenvalue weighted by Gasteiger charge is 2.16. The van der Waals surface area contributed by atoms with E-state index in [2.05, 4.69) is 35.8 Å². The van der Waals surface area contributed by atoms with Gasteiger partial charge in [0.1, 0.15) is 6.54 Å². The molecular formula is C14H18N8O. The van der Waals surface area contributed by atoms with E-state index in [-0.39, 0.29) is 12.5 Å². The van der Waals surface area contributed by atoms with Gasteiger partial charge in [-0.05, 0) is 30.5 Å². The third kappa shape index (κ3) is 4.31. The van der Waals surface area contributed by atoms with Gasteiger partial charge in [-0.25, -0.2) is 5.43 Å². The van der Waals surface area contributed by atoms with Crippen molar-refractivity contribution in [3.05, 3.63) is 30.1 Å². The molecule has 0 aliphatic carbocycles. The Morgan fingerprint density at radius 3 is 3.00 bits per heavy atom. The normalized spacial score (nSPS) is 15.0. The monoisotopic (exact) mass is 314 g/mol. The fraction of sp³-hybridized carbons (Fsp3) is 0.429. The average Bonchev–Trinajstić information content (AvgIpc) is 3.05. The molecule has 1 N–H and O–H groups in total. The Hall–Kier alpha value is -2.84. The van der Waals surface area contributed by atoms with E-state index in [9.17, 15) is 4.79 Å². The predicted octanol–water partition coefficient (Wildman–Crippen LogP) is 0.209. The van der Waals surface area contributed by atoms with Gasteiger partial charge in [0.25, 0.3) is 11.9 Å². The van der Waals surface area contributed by atoms with Gasteiger partial charge in [0, 0.05) is 31.0 Å². The van der Waals surface area contributed by atoms with Crippen molar-refractivity contribution in [3.8, 4) is 0 Å². The molecule has 1 amide bonds. The van der Waals surface area contributed by atoms with E-state index in [0.717, 1.165) is 31.5 Å². The minimum Gasteiger partial charge on any atom is -0.338 e. The first kappa shape index (κ1) is 15.1. The second kappa shape index (κ2) is 7.43. The fourth-order valence-electron chi connectivity index (χ4n) is 2.32. The molecule has 1 fully saturated rings. The van der Waals surface area contributed by atoms with Gasteiger partial charge in [0.05, 0.1) is 6.21 Å². The number of pyridine rings is 1. The summed E-state index contributed by atoms with van der Waals surface area (Å²) in [5.74, 6) is 0.268. The van der Waals surface area contributed by atoms with Gasteiger partial charge in [-0.3, -0.25) is 9.78 Å². The zero-order chi connectivity index (χ0) is 15.9. The van der Waals surface area contributed by atoms with Crippen LogP contribution in [-0.2, 0) is 11.3 Å². The molecule has 2 aromatic rings. The van der Waals surface area contributed by atoms with Gasteiger partial charge in [-0.2, -0.15) is 9.90 Å². The number of amides is 1. The maximum atomic E-state index is 11.8. The molecule has 9 heteroatoms. The molecule has 0 radical (unpaired) electrons. The molecule has 1 saturated heterocycles. The molecule has 0 atom stereocenters. The number of tetrazole rings is 1. The highest BCUT2D eigenvalue weighted by Crippen LogP contribution is 2.13. The summed E-state index contributed by atoms with van der Waals surface area (Å²) in [6.07, 6.45) is 8.36. The fourth-order valence-corrected chi connectivity index (χ4v) is 2.32. The van der Waals surface area contributed by atoms with Crippen LogP contribution in [0.3, 0.4) is 0 Å². The minimum atomic E-state index is -0.312. The van der Waals surface area contributed by atoms with Gasteiger partial charge in [-0.15, -0.1) is 5.10 Å². The first-order chi connectivity index (χ1) is 11.3. The Kier molecular flexibility index (Phi) is 4.87. The van der Waals surface area contributed by atoms with Crippen LogP contribution >= 0.6 is 0 Å². The third-order valence-electron chi connectivity index (χ3n) is 3.45. The Bertz CT molecular complexity index is 662. The van der Waals surface area contributed by atoms with Crippen molar-refractivity contribution in [1.29, 1.82) is 0 Å². The Morgan fingerprint density at radius 2 is 2.22 bits per heavy atom. The van der Waals surface area contributed by atoms with Crippen LogP contribution in [0.4, 0.5) is 5.95 Å². The van der Waals surface area contributed by atoms with Crippen molar-refractivity contribution in [2.75, 3.05) is 18.0 Å². The molecule has 23 heavy (non-hydrogen) atoms. The lowest BCUT2D eigenvalue weighted by atomic mass is 10.1. The molecule has 0 unspecified atom stereocenters. The van der Waals surface area contributed by atoms with E-state index in [4.69, 9.17) is 0 Å². The molecule has 1 aliphatic rings. The molecule has 0 aromatic carbocycles. The predicted molar refractivity (Wildman–Crippen MR) is 83.9 cm³/mol. The van der Waals surface area contributed by atoms with Crippen molar-refractivity contribution >= 4 is 18.1 Å². The number of nitrogens with one attached hydrogen (secondary N) is 1. The molecular weight excluding hydrogens is 296 g/mol. The Labute approximate surface area is 133 Å². The summed E-state index contributed by atoms with van der Waals surface area (Å²) in [5.41, 5.74) is 3.23. The van der Waals surface area contributed by atoms with E-state index in [0.29, 0.717) is 5.95 Å². The van der Waals surface area contributed by atoms with E-state index < -0.39 is 0 Å². The molecule has 120 valence electrons. The summed E-state index contributed by atoms with van der Waals surface area (Å²) in [7, 11) is 0. The maximum absolute atomic E-state index is 11.8. The number of aromatic nitrogens is 5. The SMILES string of the molecule is O=C(Cn1nnc(N2CCCCC2)n1)N/N=C\c1cccnc1. The number of piperidine rings is 1. The molecule has 1 aliphatic heterocycles. The highest BCUT2D eigenvalue weighted by molar-refractivity contribution is 5.81. The quantitative estimate of drug-likeness (QED) is 0.625. The largest absolute Gasteiger partial charge is 0.338 e. The second-order valence-corrected chi connectivity index (χ2v) is 5.25. The number of hydrogen-bond acceptors (Lipinski definition) is 7. The van der Waals surface area contributed by atoms with Gasteiger partial charge in [0.15, 0.2) is 0 Å². The molecule has 3 rings (SSSR count). The number of nitrogens with zero attached hydrogens (tertiary/aromatic N) is 7. The van der Waals surface area contributed by atoms with E-state index >= 15 is 0 Å². The number of anilines is 1. The second-order valence-electron chi connectivity index (χ2n) is 5.25. The van der Waals surface area contributed by atoms with Crippen molar-refractivity contribution in [1.82, 2.24) is 30.6 Å². The summed E-state index contributed by atoms with van der Waals surface area (Å²) < 4.78 is 0. The van der Waals surface area contributed by atoms with Crippen molar-refractivity contribution < 1.29 is 4.79 Å². The van der Waals surface area contributed by atoms with Crippen LogP contribution in [0, 0.1) is 0 Å². The smallest absolute Gasteiger partial charge is 0.266 e.